The van der Waals surface area contributed by atoms with Gasteiger partial charge in [0.2, 0.25) is 0 Å². The molecule has 1 amide bonds. The van der Waals surface area contributed by atoms with Crippen LogP contribution in [0.15, 0.2) is 35.4 Å². The number of ether oxygens (including phenoxy) is 1. The maximum atomic E-state index is 12.0. The number of hydrazone groups is 1. The van der Waals surface area contributed by atoms with E-state index in [1.54, 1.807) is 12.1 Å². The Morgan fingerprint density at radius 1 is 1.26 bits per heavy atom. The number of carbonyl (C=O) groups excluding carboxylic acids is 1. The van der Waals surface area contributed by atoms with E-state index in [4.69, 9.17) is 4.74 Å². The second-order valence-electron chi connectivity index (χ2n) is 4.41. The lowest BCUT2D eigenvalue weighted by molar-refractivity contribution is 0.0952. The average Bonchev–Trinajstić information content (AvgIpc) is 2.51. The van der Waals surface area contributed by atoms with Crippen molar-refractivity contribution < 1.29 is 19.7 Å². The van der Waals surface area contributed by atoms with Gasteiger partial charge >= 0.3 is 0 Å². The van der Waals surface area contributed by atoms with Gasteiger partial charge < -0.3 is 14.9 Å². The van der Waals surface area contributed by atoms with Crippen LogP contribution in [0.4, 0.5) is 0 Å². The number of aromatic hydroxyl groups is 2. The molecule has 0 spiro atoms. The smallest absolute Gasteiger partial charge is 0.275 e. The monoisotopic (exact) mass is 538 g/mol. The van der Waals surface area contributed by atoms with Crippen molar-refractivity contribution in [1.82, 2.24) is 5.43 Å². The topological polar surface area (TPSA) is 91.2 Å². The van der Waals surface area contributed by atoms with Crippen LogP contribution in [-0.4, -0.2) is 29.4 Å². The van der Waals surface area contributed by atoms with E-state index >= 15 is 0 Å². The number of methoxy groups -OCH3 is 1. The van der Waals surface area contributed by atoms with Gasteiger partial charge in [-0.15, -0.1) is 0 Å². The number of phenols is 2. The van der Waals surface area contributed by atoms with Crippen molar-refractivity contribution in [2.45, 2.75) is 0 Å². The van der Waals surface area contributed by atoms with E-state index in [2.05, 4.69) is 33.1 Å². The lowest BCUT2D eigenvalue weighted by atomic mass is 10.2. The Bertz CT molecular complexity index is 778. The van der Waals surface area contributed by atoms with Gasteiger partial charge in [0.1, 0.15) is 17.2 Å². The number of hydrogen-bond acceptors (Lipinski definition) is 5. The van der Waals surface area contributed by atoms with Crippen LogP contribution in [0.5, 0.6) is 17.2 Å². The van der Waals surface area contributed by atoms with Gasteiger partial charge in [-0.2, -0.15) is 5.10 Å². The minimum atomic E-state index is -0.568. The molecule has 0 saturated heterocycles. The van der Waals surface area contributed by atoms with E-state index in [0.717, 1.165) is 3.57 Å². The Kier molecular flexibility index (Phi) is 6.04. The van der Waals surface area contributed by atoms with Gasteiger partial charge in [0.15, 0.2) is 0 Å². The van der Waals surface area contributed by atoms with Crippen LogP contribution in [0.3, 0.4) is 0 Å². The molecule has 0 fully saturated rings. The molecule has 0 atom stereocenters. The summed E-state index contributed by atoms with van der Waals surface area (Å²) in [6, 6.07) is 7.89. The summed E-state index contributed by atoms with van der Waals surface area (Å²) in [5.74, 6) is -0.234. The molecule has 23 heavy (non-hydrogen) atoms. The van der Waals surface area contributed by atoms with Crippen molar-refractivity contribution in [2.75, 3.05) is 7.11 Å². The van der Waals surface area contributed by atoms with Crippen molar-refractivity contribution in [3.63, 3.8) is 0 Å². The third-order valence-corrected chi connectivity index (χ3v) is 4.32. The molecule has 2 aromatic rings. The average molecular weight is 538 g/mol. The zero-order valence-electron chi connectivity index (χ0n) is 11.9. The molecule has 2 rings (SSSR count). The second kappa shape index (κ2) is 7.81. The van der Waals surface area contributed by atoms with Crippen LogP contribution in [0.25, 0.3) is 0 Å². The molecule has 0 aliphatic rings. The zero-order valence-corrected chi connectivity index (χ0v) is 16.2. The molecule has 0 radical (unpaired) electrons. The number of amides is 1. The number of phenolic OH excluding ortho intramolecular Hbond substituents is 2. The molecule has 0 aliphatic carbocycles. The third-order valence-electron chi connectivity index (χ3n) is 2.88. The van der Waals surface area contributed by atoms with Gasteiger partial charge in [0.25, 0.3) is 5.91 Å². The van der Waals surface area contributed by atoms with Gasteiger partial charge in [-0.1, -0.05) is 0 Å². The summed E-state index contributed by atoms with van der Waals surface area (Å²) in [7, 11) is 1.47. The first-order chi connectivity index (χ1) is 10.9. The molecular formula is C15H12I2N2O4. The SMILES string of the molecule is COc1ccc(C(=O)N/N=C\c2cc(I)cc(I)c2O)c(O)c1. The summed E-state index contributed by atoms with van der Waals surface area (Å²) in [5, 5.41) is 23.5. The quantitative estimate of drug-likeness (QED) is 0.317. The largest absolute Gasteiger partial charge is 0.507 e. The lowest BCUT2D eigenvalue weighted by Gasteiger charge is -2.06. The van der Waals surface area contributed by atoms with E-state index in [-0.39, 0.29) is 17.1 Å². The van der Waals surface area contributed by atoms with Crippen LogP contribution in [0.2, 0.25) is 0 Å². The van der Waals surface area contributed by atoms with Gasteiger partial charge in [-0.05, 0) is 69.4 Å². The standard InChI is InChI=1S/C15H12I2N2O4/c1-23-10-2-3-11(13(20)6-10)15(22)19-18-7-8-4-9(16)5-12(17)14(8)21/h2-7,20-21H,1H3,(H,19,22)/b18-7-. The van der Waals surface area contributed by atoms with E-state index in [1.165, 1.54) is 25.5 Å². The molecule has 0 bridgehead atoms. The van der Waals surface area contributed by atoms with E-state index in [1.807, 2.05) is 28.7 Å². The van der Waals surface area contributed by atoms with E-state index < -0.39 is 5.91 Å². The summed E-state index contributed by atoms with van der Waals surface area (Å²) >= 11 is 4.14. The van der Waals surface area contributed by atoms with Crippen LogP contribution in [0, 0.1) is 7.14 Å². The Morgan fingerprint density at radius 2 is 2.00 bits per heavy atom. The molecule has 2 aromatic carbocycles. The van der Waals surface area contributed by atoms with Gasteiger partial charge in [-0.25, -0.2) is 5.43 Å². The number of rotatable bonds is 4. The zero-order chi connectivity index (χ0) is 17.0. The number of nitrogens with one attached hydrogen (secondary N) is 1. The Balaban J connectivity index is 2.13. The Labute approximate surface area is 159 Å². The highest BCUT2D eigenvalue weighted by molar-refractivity contribution is 14.1. The lowest BCUT2D eigenvalue weighted by Crippen LogP contribution is -2.17. The summed E-state index contributed by atoms with van der Waals surface area (Å²) in [5.41, 5.74) is 2.87. The van der Waals surface area contributed by atoms with Crippen molar-refractivity contribution in [2.24, 2.45) is 5.10 Å². The first-order valence-electron chi connectivity index (χ1n) is 6.30. The highest BCUT2D eigenvalue weighted by atomic mass is 127. The predicted octanol–water partition coefficient (Wildman–Crippen LogP) is 3.08. The molecule has 8 heteroatoms. The van der Waals surface area contributed by atoms with Crippen LogP contribution in [-0.2, 0) is 0 Å². The fraction of sp³-hybridized carbons (Fsp3) is 0.0667. The highest BCUT2D eigenvalue weighted by Crippen LogP contribution is 2.26. The van der Waals surface area contributed by atoms with Crippen LogP contribution in [0.1, 0.15) is 15.9 Å². The Morgan fingerprint density at radius 3 is 2.65 bits per heavy atom. The molecule has 0 aliphatic heterocycles. The summed E-state index contributed by atoms with van der Waals surface area (Å²) in [6.45, 7) is 0. The number of halogens is 2. The third kappa shape index (κ3) is 4.47. The van der Waals surface area contributed by atoms with E-state index in [9.17, 15) is 15.0 Å². The summed E-state index contributed by atoms with van der Waals surface area (Å²) in [4.78, 5) is 12.0. The molecule has 0 aromatic heterocycles. The predicted molar refractivity (Wildman–Crippen MR) is 103 cm³/mol. The maximum Gasteiger partial charge on any atom is 0.275 e. The number of benzene rings is 2. The molecular weight excluding hydrogens is 526 g/mol. The van der Waals surface area contributed by atoms with Crippen LogP contribution < -0.4 is 10.2 Å². The van der Waals surface area contributed by atoms with Crippen LogP contribution >= 0.6 is 45.2 Å². The van der Waals surface area contributed by atoms with Crippen molar-refractivity contribution in [3.05, 3.63) is 48.6 Å². The fourth-order valence-corrected chi connectivity index (χ4v) is 3.63. The van der Waals surface area contributed by atoms with Crippen molar-refractivity contribution >= 4 is 57.3 Å². The number of nitrogens with zero attached hydrogens (tertiary/aromatic N) is 1. The van der Waals surface area contributed by atoms with Gasteiger partial charge in [0, 0.05) is 15.2 Å². The summed E-state index contributed by atoms with van der Waals surface area (Å²) in [6.07, 6.45) is 1.35. The number of carbonyl (C=O) groups is 1. The molecule has 3 N–H and O–H groups in total. The molecule has 0 unspecified atom stereocenters. The first-order valence-corrected chi connectivity index (χ1v) is 8.46. The minimum Gasteiger partial charge on any atom is -0.507 e. The fourth-order valence-electron chi connectivity index (χ4n) is 1.74. The molecule has 0 heterocycles. The van der Waals surface area contributed by atoms with E-state index in [0.29, 0.717) is 14.9 Å². The molecule has 120 valence electrons. The van der Waals surface area contributed by atoms with Gasteiger partial charge in [0.05, 0.1) is 22.5 Å². The minimum absolute atomic E-state index is 0.0735. The molecule has 6 nitrogen and oxygen atoms in total. The highest BCUT2D eigenvalue weighted by Gasteiger charge is 2.11. The number of hydrogen-bond donors (Lipinski definition) is 3. The maximum absolute atomic E-state index is 12.0. The second-order valence-corrected chi connectivity index (χ2v) is 6.82. The normalized spacial score (nSPS) is 10.7. The molecule has 0 saturated carbocycles. The summed E-state index contributed by atoms with van der Waals surface area (Å²) < 4.78 is 6.58. The first kappa shape index (κ1) is 17.8. The van der Waals surface area contributed by atoms with Gasteiger partial charge in [-0.3, -0.25) is 4.79 Å². The van der Waals surface area contributed by atoms with Crippen molar-refractivity contribution in [1.29, 1.82) is 0 Å². The Hall–Kier alpha value is -1.56. The van der Waals surface area contributed by atoms with Crippen molar-refractivity contribution in [3.8, 4) is 17.2 Å².